The van der Waals surface area contributed by atoms with Crippen molar-refractivity contribution in [3.05, 3.63) is 64.7 Å². The number of carbonyl (C=O) groups excluding carboxylic acids is 1. The second-order valence-electron chi connectivity index (χ2n) is 5.32. The highest BCUT2D eigenvalue weighted by molar-refractivity contribution is 6.33. The van der Waals surface area contributed by atoms with Crippen LogP contribution in [0.5, 0.6) is 0 Å². The second-order valence-corrected chi connectivity index (χ2v) is 5.73. The Hall–Kier alpha value is -2.00. The van der Waals surface area contributed by atoms with Gasteiger partial charge in [0.05, 0.1) is 10.7 Å². The monoisotopic (exact) mass is 316 g/mol. The number of hydrogen-bond acceptors (Lipinski definition) is 1. The molecule has 0 heterocycles. The van der Waals surface area contributed by atoms with Crippen molar-refractivity contribution < 1.29 is 4.79 Å². The van der Waals surface area contributed by atoms with Gasteiger partial charge in [0.25, 0.3) is 0 Å². The van der Waals surface area contributed by atoms with E-state index < -0.39 is 0 Å². The summed E-state index contributed by atoms with van der Waals surface area (Å²) in [5.41, 5.74) is 2.82. The maximum atomic E-state index is 12.5. The van der Waals surface area contributed by atoms with Crippen LogP contribution >= 0.6 is 11.6 Å². The van der Waals surface area contributed by atoms with Crippen molar-refractivity contribution in [1.29, 1.82) is 0 Å². The van der Waals surface area contributed by atoms with Crippen LogP contribution in [0.3, 0.4) is 0 Å². The molecule has 22 heavy (non-hydrogen) atoms. The van der Waals surface area contributed by atoms with Crippen molar-refractivity contribution in [3.8, 4) is 0 Å². The number of amides is 2. The molecule has 4 heteroatoms. The third-order valence-corrected chi connectivity index (χ3v) is 3.68. The molecule has 0 aliphatic carbocycles. The summed E-state index contributed by atoms with van der Waals surface area (Å²) < 4.78 is 0. The van der Waals surface area contributed by atoms with Crippen LogP contribution in [-0.4, -0.2) is 17.5 Å². The highest BCUT2D eigenvalue weighted by Crippen LogP contribution is 2.23. The van der Waals surface area contributed by atoms with E-state index in [0.29, 0.717) is 23.8 Å². The summed E-state index contributed by atoms with van der Waals surface area (Å²) in [6.45, 7) is 5.31. The summed E-state index contributed by atoms with van der Waals surface area (Å²) in [7, 11) is 0. The molecule has 0 aliphatic rings. The fourth-order valence-electron chi connectivity index (χ4n) is 2.24. The van der Waals surface area contributed by atoms with Crippen molar-refractivity contribution >= 4 is 23.3 Å². The summed E-state index contributed by atoms with van der Waals surface area (Å²) in [4.78, 5) is 14.3. The van der Waals surface area contributed by atoms with Gasteiger partial charge < -0.3 is 10.2 Å². The van der Waals surface area contributed by atoms with Gasteiger partial charge in [0.15, 0.2) is 0 Å². The molecule has 0 saturated heterocycles. The van der Waals surface area contributed by atoms with Gasteiger partial charge in [-0.05, 0) is 36.6 Å². The minimum absolute atomic E-state index is 0.128. The van der Waals surface area contributed by atoms with E-state index in [2.05, 4.69) is 12.2 Å². The number of anilines is 1. The molecule has 0 fully saturated rings. The van der Waals surface area contributed by atoms with Crippen LogP contribution in [0.2, 0.25) is 5.02 Å². The summed E-state index contributed by atoms with van der Waals surface area (Å²) in [6, 6.07) is 15.5. The van der Waals surface area contributed by atoms with Crippen molar-refractivity contribution in [2.45, 2.75) is 26.8 Å². The number of nitrogens with one attached hydrogen (secondary N) is 1. The van der Waals surface area contributed by atoms with E-state index in [1.165, 1.54) is 0 Å². The first-order chi connectivity index (χ1) is 10.6. The smallest absolute Gasteiger partial charge is 0.320 e. The largest absolute Gasteiger partial charge is 0.322 e. The Bertz CT molecular complexity index is 628. The van der Waals surface area contributed by atoms with Crippen LogP contribution in [0.4, 0.5) is 10.5 Å². The van der Waals surface area contributed by atoms with Crippen LogP contribution in [0.15, 0.2) is 48.5 Å². The highest BCUT2D eigenvalue weighted by Gasteiger charge is 2.14. The number of aryl methyl sites for hydroxylation is 1. The van der Waals surface area contributed by atoms with E-state index in [-0.39, 0.29) is 6.03 Å². The van der Waals surface area contributed by atoms with Crippen LogP contribution in [0.1, 0.15) is 24.5 Å². The summed E-state index contributed by atoms with van der Waals surface area (Å²) in [5, 5.41) is 3.46. The number of carbonyl (C=O) groups is 1. The quantitative estimate of drug-likeness (QED) is 0.818. The van der Waals surface area contributed by atoms with E-state index >= 15 is 0 Å². The van der Waals surface area contributed by atoms with Gasteiger partial charge in [-0.25, -0.2) is 4.79 Å². The Labute approximate surface area is 136 Å². The van der Waals surface area contributed by atoms with Gasteiger partial charge in [-0.2, -0.15) is 0 Å². The molecule has 0 bridgehead atoms. The van der Waals surface area contributed by atoms with E-state index in [4.69, 9.17) is 11.6 Å². The minimum Gasteiger partial charge on any atom is -0.320 e. The van der Waals surface area contributed by atoms with Gasteiger partial charge in [0.1, 0.15) is 0 Å². The molecule has 0 spiro atoms. The van der Waals surface area contributed by atoms with Gasteiger partial charge in [-0.15, -0.1) is 0 Å². The molecule has 0 saturated carbocycles. The first-order valence-corrected chi connectivity index (χ1v) is 7.84. The standard InChI is InChI=1S/C18H21ClN2O/c1-3-11-21(13-15-7-5-4-6-8-15)18(22)20-17-10-9-14(2)12-16(17)19/h4-10,12H,3,11,13H2,1-2H3,(H,20,22). The van der Waals surface area contributed by atoms with Crippen molar-refractivity contribution in [2.75, 3.05) is 11.9 Å². The van der Waals surface area contributed by atoms with Crippen molar-refractivity contribution in [3.63, 3.8) is 0 Å². The summed E-state index contributed by atoms with van der Waals surface area (Å²) >= 11 is 6.18. The molecule has 3 nitrogen and oxygen atoms in total. The van der Waals surface area contributed by atoms with E-state index in [9.17, 15) is 4.79 Å². The number of hydrogen-bond donors (Lipinski definition) is 1. The summed E-state index contributed by atoms with van der Waals surface area (Å²) in [6.07, 6.45) is 0.905. The maximum Gasteiger partial charge on any atom is 0.322 e. The van der Waals surface area contributed by atoms with E-state index in [0.717, 1.165) is 17.5 Å². The SMILES string of the molecule is CCCN(Cc1ccccc1)C(=O)Nc1ccc(C)cc1Cl. The number of nitrogens with zero attached hydrogens (tertiary/aromatic N) is 1. The van der Waals surface area contributed by atoms with Crippen LogP contribution in [-0.2, 0) is 6.54 Å². The Morgan fingerprint density at radius 2 is 1.91 bits per heavy atom. The molecular weight excluding hydrogens is 296 g/mol. The molecule has 116 valence electrons. The topological polar surface area (TPSA) is 32.3 Å². The average molecular weight is 317 g/mol. The molecule has 2 rings (SSSR count). The second kappa shape index (κ2) is 7.85. The third kappa shape index (κ3) is 4.50. The van der Waals surface area contributed by atoms with E-state index in [1.54, 1.807) is 4.90 Å². The molecule has 0 radical (unpaired) electrons. The first-order valence-electron chi connectivity index (χ1n) is 7.46. The lowest BCUT2D eigenvalue weighted by atomic mass is 10.2. The summed E-state index contributed by atoms with van der Waals surface area (Å²) in [5.74, 6) is 0. The van der Waals surface area contributed by atoms with Gasteiger partial charge in [-0.3, -0.25) is 0 Å². The zero-order valence-corrected chi connectivity index (χ0v) is 13.7. The zero-order chi connectivity index (χ0) is 15.9. The van der Waals surface area contributed by atoms with Crippen LogP contribution in [0, 0.1) is 6.92 Å². The molecule has 0 aliphatic heterocycles. The van der Waals surface area contributed by atoms with Crippen molar-refractivity contribution in [1.82, 2.24) is 4.90 Å². The fraction of sp³-hybridized carbons (Fsp3) is 0.278. The van der Waals surface area contributed by atoms with Gasteiger partial charge in [0, 0.05) is 13.1 Å². The molecule has 2 aromatic carbocycles. The zero-order valence-electron chi connectivity index (χ0n) is 13.0. The Morgan fingerprint density at radius 3 is 2.55 bits per heavy atom. The van der Waals surface area contributed by atoms with Crippen LogP contribution < -0.4 is 5.32 Å². The molecular formula is C18H21ClN2O. The lowest BCUT2D eigenvalue weighted by molar-refractivity contribution is 0.209. The minimum atomic E-state index is -0.128. The third-order valence-electron chi connectivity index (χ3n) is 3.36. The molecule has 1 N–H and O–H groups in total. The number of urea groups is 1. The predicted molar refractivity (Wildman–Crippen MR) is 92.4 cm³/mol. The first kappa shape index (κ1) is 16.4. The van der Waals surface area contributed by atoms with E-state index in [1.807, 2.05) is 55.5 Å². The molecule has 2 amide bonds. The Kier molecular flexibility index (Phi) is 5.84. The lowest BCUT2D eigenvalue weighted by Crippen LogP contribution is -2.35. The Balaban J connectivity index is 2.09. The number of benzene rings is 2. The van der Waals surface area contributed by atoms with Gasteiger partial charge in [-0.1, -0.05) is 54.9 Å². The number of rotatable bonds is 5. The molecule has 0 unspecified atom stereocenters. The molecule has 0 atom stereocenters. The van der Waals surface area contributed by atoms with Crippen LogP contribution in [0.25, 0.3) is 0 Å². The van der Waals surface area contributed by atoms with Crippen molar-refractivity contribution in [2.24, 2.45) is 0 Å². The Morgan fingerprint density at radius 1 is 1.18 bits per heavy atom. The maximum absolute atomic E-state index is 12.5. The normalized spacial score (nSPS) is 10.3. The predicted octanol–water partition coefficient (Wildman–Crippen LogP) is 5.09. The highest BCUT2D eigenvalue weighted by atomic mass is 35.5. The fourth-order valence-corrected chi connectivity index (χ4v) is 2.52. The number of halogens is 1. The van der Waals surface area contributed by atoms with Gasteiger partial charge >= 0.3 is 6.03 Å². The lowest BCUT2D eigenvalue weighted by Gasteiger charge is -2.23. The molecule has 2 aromatic rings. The van der Waals surface area contributed by atoms with Gasteiger partial charge in [0.2, 0.25) is 0 Å². The molecule has 0 aromatic heterocycles. The average Bonchev–Trinajstić information content (AvgIpc) is 2.50.